The van der Waals surface area contributed by atoms with Crippen molar-refractivity contribution in [2.45, 2.75) is 52.2 Å². The van der Waals surface area contributed by atoms with Crippen LogP contribution in [0, 0.1) is 5.92 Å². The number of H-pyrrole nitrogens is 1. The molecular formula is C22H23ClN2O4S. The van der Waals surface area contributed by atoms with E-state index in [2.05, 4.69) is 16.9 Å². The number of carbonyl (C=O) groups excluding carboxylic acids is 1. The fourth-order valence-electron chi connectivity index (χ4n) is 3.61. The first-order valence-electron chi connectivity index (χ1n) is 9.88. The Kier molecular flexibility index (Phi) is 5.59. The maximum atomic E-state index is 12.7. The molecule has 2 aromatic heterocycles. The first-order chi connectivity index (χ1) is 14.2. The molecule has 0 unspecified atom stereocenters. The Morgan fingerprint density at radius 3 is 2.80 bits per heavy atom. The summed E-state index contributed by atoms with van der Waals surface area (Å²) in [7, 11) is 0. The zero-order valence-corrected chi connectivity index (χ0v) is 18.7. The van der Waals surface area contributed by atoms with Crippen LogP contribution in [-0.2, 0) is 29.0 Å². The molecule has 0 bridgehead atoms. The molecule has 30 heavy (non-hydrogen) atoms. The van der Waals surface area contributed by atoms with Crippen molar-refractivity contribution in [2.75, 3.05) is 0 Å². The van der Waals surface area contributed by atoms with Crippen molar-refractivity contribution in [3.63, 3.8) is 0 Å². The SMILES string of the molecule is C[C@@H]1CCc2c(sc3nc(COC(=O)C(C)(C)Oc4ccc(Cl)cc4)[nH]c(=O)c23)C1. The van der Waals surface area contributed by atoms with Crippen molar-refractivity contribution in [1.29, 1.82) is 0 Å². The van der Waals surface area contributed by atoms with E-state index in [0.717, 1.165) is 24.8 Å². The summed E-state index contributed by atoms with van der Waals surface area (Å²) in [6.45, 7) is 5.34. The lowest BCUT2D eigenvalue weighted by atomic mass is 9.89. The number of carbonyl (C=O) groups is 1. The third-order valence-corrected chi connectivity index (χ3v) is 6.63. The van der Waals surface area contributed by atoms with E-state index < -0.39 is 11.6 Å². The van der Waals surface area contributed by atoms with Crippen LogP contribution >= 0.6 is 22.9 Å². The van der Waals surface area contributed by atoms with Crippen LogP contribution in [0.2, 0.25) is 5.02 Å². The van der Waals surface area contributed by atoms with Gasteiger partial charge in [0, 0.05) is 9.90 Å². The molecule has 0 radical (unpaired) electrons. The highest BCUT2D eigenvalue weighted by Crippen LogP contribution is 2.35. The number of nitrogens with one attached hydrogen (secondary N) is 1. The highest BCUT2D eigenvalue weighted by molar-refractivity contribution is 7.18. The number of fused-ring (bicyclic) bond motifs is 3. The van der Waals surface area contributed by atoms with Gasteiger partial charge in [-0.2, -0.15) is 0 Å². The van der Waals surface area contributed by atoms with Gasteiger partial charge in [-0.15, -0.1) is 11.3 Å². The Morgan fingerprint density at radius 1 is 1.33 bits per heavy atom. The molecule has 1 N–H and O–H groups in total. The van der Waals surface area contributed by atoms with Gasteiger partial charge in [0.25, 0.3) is 5.56 Å². The van der Waals surface area contributed by atoms with Crippen molar-refractivity contribution in [1.82, 2.24) is 9.97 Å². The summed E-state index contributed by atoms with van der Waals surface area (Å²) in [4.78, 5) is 34.5. The number of aromatic nitrogens is 2. The van der Waals surface area contributed by atoms with Gasteiger partial charge < -0.3 is 14.5 Å². The Labute approximate surface area is 183 Å². The number of nitrogens with zero attached hydrogens (tertiary/aromatic N) is 1. The van der Waals surface area contributed by atoms with Gasteiger partial charge in [0.05, 0.1) is 5.39 Å². The van der Waals surface area contributed by atoms with Gasteiger partial charge in [-0.25, -0.2) is 9.78 Å². The fraction of sp³-hybridized carbons (Fsp3) is 0.409. The van der Waals surface area contributed by atoms with Gasteiger partial charge in [-0.05, 0) is 68.9 Å². The molecule has 1 aromatic carbocycles. The molecule has 2 heterocycles. The van der Waals surface area contributed by atoms with Crippen LogP contribution in [-0.4, -0.2) is 21.5 Å². The maximum absolute atomic E-state index is 12.7. The molecule has 1 aliphatic rings. The van der Waals surface area contributed by atoms with E-state index in [0.29, 0.717) is 32.7 Å². The predicted molar refractivity (Wildman–Crippen MR) is 117 cm³/mol. The van der Waals surface area contributed by atoms with Crippen molar-refractivity contribution in [3.05, 3.63) is 55.9 Å². The molecule has 1 atom stereocenters. The fourth-order valence-corrected chi connectivity index (χ4v) is 5.14. The highest BCUT2D eigenvalue weighted by atomic mass is 35.5. The summed E-state index contributed by atoms with van der Waals surface area (Å²) in [6, 6.07) is 6.74. The van der Waals surface area contributed by atoms with E-state index in [9.17, 15) is 9.59 Å². The Hall–Kier alpha value is -2.38. The molecule has 6 nitrogen and oxygen atoms in total. The van der Waals surface area contributed by atoms with E-state index in [-0.39, 0.29) is 12.2 Å². The summed E-state index contributed by atoms with van der Waals surface area (Å²) in [5, 5.41) is 1.27. The van der Waals surface area contributed by atoms with Crippen LogP contribution < -0.4 is 10.3 Å². The monoisotopic (exact) mass is 446 g/mol. The number of esters is 1. The summed E-state index contributed by atoms with van der Waals surface area (Å²) < 4.78 is 11.1. The highest BCUT2D eigenvalue weighted by Gasteiger charge is 2.32. The Balaban J connectivity index is 1.48. The van der Waals surface area contributed by atoms with E-state index in [1.165, 1.54) is 4.88 Å². The smallest absolute Gasteiger partial charge is 0.350 e. The van der Waals surface area contributed by atoms with E-state index in [4.69, 9.17) is 21.1 Å². The largest absolute Gasteiger partial charge is 0.476 e. The van der Waals surface area contributed by atoms with Gasteiger partial charge in [-0.1, -0.05) is 18.5 Å². The average molecular weight is 447 g/mol. The number of hydrogen-bond acceptors (Lipinski definition) is 6. The van der Waals surface area contributed by atoms with E-state index in [1.54, 1.807) is 49.4 Å². The van der Waals surface area contributed by atoms with Gasteiger partial charge >= 0.3 is 5.97 Å². The van der Waals surface area contributed by atoms with Crippen LogP contribution in [0.1, 0.15) is 43.5 Å². The summed E-state index contributed by atoms with van der Waals surface area (Å²) in [5.41, 5.74) is -0.256. The first-order valence-corrected chi connectivity index (χ1v) is 11.1. The number of hydrogen-bond donors (Lipinski definition) is 1. The molecule has 0 amide bonds. The number of aryl methyl sites for hydroxylation is 1. The molecule has 0 saturated heterocycles. The molecule has 8 heteroatoms. The molecule has 0 saturated carbocycles. The van der Waals surface area contributed by atoms with Crippen molar-refractivity contribution in [3.8, 4) is 5.75 Å². The molecule has 0 aliphatic heterocycles. The average Bonchev–Trinajstić information content (AvgIpc) is 3.05. The number of ether oxygens (including phenoxy) is 2. The number of benzene rings is 1. The molecule has 1 aliphatic carbocycles. The lowest BCUT2D eigenvalue weighted by molar-refractivity contribution is -0.161. The summed E-state index contributed by atoms with van der Waals surface area (Å²) in [5.74, 6) is 0.898. The van der Waals surface area contributed by atoms with Crippen LogP contribution in [0.25, 0.3) is 10.2 Å². The quantitative estimate of drug-likeness (QED) is 0.576. The Bertz CT molecular complexity index is 1150. The minimum atomic E-state index is -1.21. The van der Waals surface area contributed by atoms with Crippen molar-refractivity contribution >= 4 is 39.1 Å². The van der Waals surface area contributed by atoms with E-state index >= 15 is 0 Å². The molecule has 158 valence electrons. The minimum Gasteiger partial charge on any atom is -0.476 e. The van der Waals surface area contributed by atoms with Gasteiger partial charge in [-0.3, -0.25) is 4.79 Å². The topological polar surface area (TPSA) is 81.3 Å². The number of aromatic amines is 1. The number of rotatable bonds is 5. The standard InChI is InChI=1S/C22H23ClN2O4S/c1-12-4-9-15-16(10-12)30-20-18(15)19(26)24-17(25-20)11-28-21(27)22(2,3)29-14-7-5-13(23)6-8-14/h5-8,12H,4,9-11H2,1-3H3,(H,24,25,26)/t12-/m1/s1. The van der Waals surface area contributed by atoms with Gasteiger partial charge in [0.1, 0.15) is 23.0 Å². The zero-order chi connectivity index (χ0) is 21.5. The van der Waals surface area contributed by atoms with Crippen LogP contribution in [0.5, 0.6) is 5.75 Å². The second-order valence-corrected chi connectivity index (χ2v) is 9.71. The van der Waals surface area contributed by atoms with Crippen molar-refractivity contribution < 1.29 is 14.3 Å². The van der Waals surface area contributed by atoms with Gasteiger partial charge in [0.15, 0.2) is 5.60 Å². The second-order valence-electron chi connectivity index (χ2n) is 8.19. The normalized spacial score (nSPS) is 16.3. The van der Waals surface area contributed by atoms with E-state index in [1.807, 2.05) is 0 Å². The second kappa shape index (κ2) is 8.04. The summed E-state index contributed by atoms with van der Waals surface area (Å²) >= 11 is 7.44. The van der Waals surface area contributed by atoms with Gasteiger partial charge in [0.2, 0.25) is 0 Å². The first kappa shape index (κ1) is 20.9. The molecule has 3 aromatic rings. The van der Waals surface area contributed by atoms with Crippen LogP contribution in [0.4, 0.5) is 0 Å². The number of thiophene rings is 1. The lowest BCUT2D eigenvalue weighted by Crippen LogP contribution is -2.39. The predicted octanol–water partition coefficient (Wildman–Crippen LogP) is 4.66. The molecular weight excluding hydrogens is 424 g/mol. The molecule has 0 spiro atoms. The van der Waals surface area contributed by atoms with Crippen molar-refractivity contribution in [2.24, 2.45) is 5.92 Å². The third-order valence-electron chi connectivity index (χ3n) is 5.23. The zero-order valence-electron chi connectivity index (χ0n) is 17.1. The minimum absolute atomic E-state index is 0.129. The summed E-state index contributed by atoms with van der Waals surface area (Å²) in [6.07, 6.45) is 2.97. The molecule has 0 fully saturated rings. The molecule has 4 rings (SSSR count). The number of halogens is 1. The third kappa shape index (κ3) is 4.23. The Morgan fingerprint density at radius 2 is 2.07 bits per heavy atom. The maximum Gasteiger partial charge on any atom is 0.350 e. The lowest BCUT2D eigenvalue weighted by Gasteiger charge is -2.24. The van der Waals surface area contributed by atoms with Crippen LogP contribution in [0.15, 0.2) is 29.1 Å². The van der Waals surface area contributed by atoms with Crippen LogP contribution in [0.3, 0.4) is 0 Å².